The van der Waals surface area contributed by atoms with Crippen molar-refractivity contribution in [2.75, 3.05) is 20.1 Å². The average Bonchev–Trinajstić information content (AvgIpc) is 2.57. The lowest BCUT2D eigenvalue weighted by Crippen LogP contribution is -2.39. The maximum atomic E-state index is 9.86. The second kappa shape index (κ2) is 14.2. The van der Waals surface area contributed by atoms with E-state index in [0.717, 1.165) is 25.8 Å². The van der Waals surface area contributed by atoms with Crippen LogP contribution in [0.25, 0.3) is 0 Å². The minimum atomic E-state index is -0.619. The van der Waals surface area contributed by atoms with Gasteiger partial charge < -0.3 is 26.0 Å². The third-order valence-corrected chi connectivity index (χ3v) is 3.72. The summed E-state index contributed by atoms with van der Waals surface area (Å²) in [5.41, 5.74) is 1.17. The van der Waals surface area contributed by atoms with Crippen LogP contribution in [-0.4, -0.2) is 50.3 Å². The third-order valence-electron chi connectivity index (χ3n) is 3.72. The van der Waals surface area contributed by atoms with E-state index in [9.17, 15) is 5.11 Å². The predicted octanol–water partition coefficient (Wildman–Crippen LogP) is 1.98. The molecule has 0 aliphatic heterocycles. The molecule has 0 fully saturated rings. The van der Waals surface area contributed by atoms with E-state index < -0.39 is 6.23 Å². The highest BCUT2D eigenvalue weighted by Crippen LogP contribution is 2.09. The van der Waals surface area contributed by atoms with Crippen LogP contribution < -0.4 is 16.0 Å². The molecule has 0 saturated heterocycles. The Morgan fingerprint density at radius 3 is 2.70 bits per heavy atom. The van der Waals surface area contributed by atoms with Crippen molar-refractivity contribution in [1.29, 1.82) is 0 Å². The van der Waals surface area contributed by atoms with E-state index in [0.29, 0.717) is 18.6 Å². The van der Waals surface area contributed by atoms with E-state index in [4.69, 9.17) is 0 Å². The summed E-state index contributed by atoms with van der Waals surface area (Å²) in [6, 6.07) is 0.766. The molecule has 0 amide bonds. The quantitative estimate of drug-likeness (QED) is 0.224. The van der Waals surface area contributed by atoms with Crippen LogP contribution in [0.5, 0.6) is 0 Å². The molecule has 0 bridgehead atoms. The van der Waals surface area contributed by atoms with E-state index in [1.54, 1.807) is 6.20 Å². The summed E-state index contributed by atoms with van der Waals surface area (Å²) >= 11 is 0. The average molecular weight is 322 g/mol. The number of allylic oxidation sites excluding steroid dienone is 3. The second-order valence-corrected chi connectivity index (χ2v) is 5.63. The Morgan fingerprint density at radius 2 is 2.13 bits per heavy atom. The van der Waals surface area contributed by atoms with Gasteiger partial charge in [0.2, 0.25) is 0 Å². The van der Waals surface area contributed by atoms with Crippen molar-refractivity contribution in [2.45, 2.75) is 51.4 Å². The van der Waals surface area contributed by atoms with Crippen LogP contribution in [0.4, 0.5) is 0 Å². The number of hydrogen-bond acceptors (Lipinski definition) is 5. The predicted molar refractivity (Wildman–Crippen MR) is 101 cm³/mol. The van der Waals surface area contributed by atoms with E-state index in [-0.39, 0.29) is 0 Å². The Balaban J connectivity index is 4.11. The van der Waals surface area contributed by atoms with Gasteiger partial charge in [0.05, 0.1) is 0 Å². The first-order valence-electron chi connectivity index (χ1n) is 8.32. The van der Waals surface area contributed by atoms with E-state index >= 15 is 0 Å². The Hall–Kier alpha value is -1.43. The summed E-state index contributed by atoms with van der Waals surface area (Å²) in [5.74, 6) is 0. The maximum Gasteiger partial charge on any atom is 0.136 e. The van der Waals surface area contributed by atoms with Crippen LogP contribution in [0.2, 0.25) is 0 Å². The molecule has 0 aliphatic rings. The monoisotopic (exact) mass is 322 g/mol. The minimum absolute atomic E-state index is 0.306. The smallest absolute Gasteiger partial charge is 0.136 e. The Bertz CT molecular complexity index is 375. The molecule has 132 valence electrons. The molecule has 0 aromatic carbocycles. The Morgan fingerprint density at radius 1 is 1.39 bits per heavy atom. The lowest BCUT2D eigenvalue weighted by atomic mass is 10.0. The lowest BCUT2D eigenvalue weighted by molar-refractivity contribution is 0.147. The van der Waals surface area contributed by atoms with Crippen molar-refractivity contribution in [3.63, 3.8) is 0 Å². The topological polar surface area (TPSA) is 68.7 Å². The van der Waals surface area contributed by atoms with Crippen LogP contribution in [-0.2, 0) is 0 Å². The van der Waals surface area contributed by atoms with Crippen molar-refractivity contribution in [3.05, 3.63) is 36.6 Å². The van der Waals surface area contributed by atoms with Gasteiger partial charge in [-0.05, 0) is 57.8 Å². The Labute approximate surface area is 141 Å². The summed E-state index contributed by atoms with van der Waals surface area (Å²) in [7, 11) is 1.97. The molecule has 0 spiro atoms. The molecule has 23 heavy (non-hydrogen) atoms. The van der Waals surface area contributed by atoms with Gasteiger partial charge in [-0.1, -0.05) is 25.7 Å². The summed E-state index contributed by atoms with van der Waals surface area (Å²) in [5, 5.41) is 19.3. The highest BCUT2D eigenvalue weighted by Gasteiger charge is 2.05. The highest BCUT2D eigenvalue weighted by molar-refractivity contribution is 5.23. The van der Waals surface area contributed by atoms with E-state index in [1.165, 1.54) is 5.57 Å². The van der Waals surface area contributed by atoms with Gasteiger partial charge in [0, 0.05) is 25.2 Å². The zero-order valence-electron chi connectivity index (χ0n) is 14.9. The maximum absolute atomic E-state index is 9.86. The fourth-order valence-electron chi connectivity index (χ4n) is 2.05. The van der Waals surface area contributed by atoms with Gasteiger partial charge in [0.25, 0.3) is 0 Å². The molecular formula is C18H34N4O. The van der Waals surface area contributed by atoms with Gasteiger partial charge in [0.15, 0.2) is 0 Å². The molecule has 0 radical (unpaired) electrons. The summed E-state index contributed by atoms with van der Waals surface area (Å²) in [4.78, 5) is 3.82. The van der Waals surface area contributed by atoms with Gasteiger partial charge >= 0.3 is 0 Å². The Kier molecular flexibility index (Phi) is 13.3. The molecular weight excluding hydrogens is 288 g/mol. The first kappa shape index (κ1) is 21.6. The summed E-state index contributed by atoms with van der Waals surface area (Å²) in [6.45, 7) is 12.8. The third kappa shape index (κ3) is 11.8. The number of aliphatic hydroxyl groups excluding tert-OH is 1. The van der Waals surface area contributed by atoms with Crippen molar-refractivity contribution in [2.24, 2.45) is 4.99 Å². The fraction of sp³-hybridized carbons (Fsp3) is 0.611. The number of aliphatic imine (C=N–C) groups is 1. The molecule has 0 aromatic heterocycles. The zero-order chi connectivity index (χ0) is 17.5. The standard InChI is InChI=1S/C18H34N4O/c1-6-16(13-17(7-2)20-5)9-8-11-21-18(23)14-22-15(3)10-12-19-4/h6,8-9,11,15,17-18,20-23H,1,4,7,10,12-14H2,2-3,5H3/b11-8+,16-9+/t15?,17-,18?/m0/s1. The highest BCUT2D eigenvalue weighted by atomic mass is 16.3. The van der Waals surface area contributed by atoms with Crippen molar-refractivity contribution >= 4 is 6.72 Å². The molecule has 5 heteroatoms. The summed E-state index contributed by atoms with van der Waals surface area (Å²) < 4.78 is 0. The van der Waals surface area contributed by atoms with Crippen LogP contribution in [0.1, 0.15) is 33.1 Å². The zero-order valence-corrected chi connectivity index (χ0v) is 14.9. The van der Waals surface area contributed by atoms with Crippen LogP contribution in [0, 0.1) is 0 Å². The van der Waals surface area contributed by atoms with Crippen LogP contribution >= 0.6 is 0 Å². The minimum Gasteiger partial charge on any atom is -0.372 e. The van der Waals surface area contributed by atoms with Crippen molar-refractivity contribution in [1.82, 2.24) is 16.0 Å². The van der Waals surface area contributed by atoms with Crippen molar-refractivity contribution < 1.29 is 5.11 Å². The van der Waals surface area contributed by atoms with Gasteiger partial charge in [-0.2, -0.15) is 0 Å². The number of hydrogen-bond donors (Lipinski definition) is 4. The van der Waals surface area contributed by atoms with Gasteiger partial charge in [-0.25, -0.2) is 0 Å². The second-order valence-electron chi connectivity index (χ2n) is 5.63. The number of aliphatic hydroxyl groups is 1. The largest absolute Gasteiger partial charge is 0.372 e. The number of nitrogens with one attached hydrogen (secondary N) is 3. The fourth-order valence-corrected chi connectivity index (χ4v) is 2.05. The molecule has 0 aromatic rings. The first-order chi connectivity index (χ1) is 11.1. The van der Waals surface area contributed by atoms with Crippen LogP contribution in [0.3, 0.4) is 0 Å². The van der Waals surface area contributed by atoms with E-state index in [2.05, 4.69) is 48.1 Å². The molecule has 0 saturated carbocycles. The molecule has 0 heterocycles. The lowest BCUT2D eigenvalue weighted by Gasteiger charge is -2.16. The molecule has 3 atom stereocenters. The van der Waals surface area contributed by atoms with Crippen LogP contribution in [0.15, 0.2) is 41.6 Å². The van der Waals surface area contributed by atoms with Gasteiger partial charge in [-0.3, -0.25) is 0 Å². The normalized spacial score (nSPS) is 16.1. The number of rotatable bonds is 14. The SMILES string of the molecule is C=C/C(=C\C=C\NC(O)CNC(C)CCN=C)C[C@H](CC)NC. The molecule has 0 aliphatic carbocycles. The first-order valence-corrected chi connectivity index (χ1v) is 8.32. The van der Waals surface area contributed by atoms with E-state index in [1.807, 2.05) is 25.3 Å². The van der Waals surface area contributed by atoms with Gasteiger partial charge in [0.1, 0.15) is 6.23 Å². The van der Waals surface area contributed by atoms with Crippen molar-refractivity contribution in [3.8, 4) is 0 Å². The molecule has 5 nitrogen and oxygen atoms in total. The van der Waals surface area contributed by atoms with Gasteiger partial charge in [-0.15, -0.1) is 0 Å². The molecule has 0 rings (SSSR count). The molecule has 4 N–H and O–H groups in total. The molecule has 2 unspecified atom stereocenters. The number of nitrogens with zero attached hydrogens (tertiary/aromatic N) is 1. The summed E-state index contributed by atoms with van der Waals surface area (Å²) in [6.07, 6.45) is 9.86.